The van der Waals surface area contributed by atoms with Gasteiger partial charge in [0.1, 0.15) is 36.3 Å². The zero-order valence-electron chi connectivity index (χ0n) is 30.5. The van der Waals surface area contributed by atoms with Crippen molar-refractivity contribution in [1.29, 1.82) is 0 Å². The van der Waals surface area contributed by atoms with E-state index in [-0.39, 0.29) is 50.6 Å². The minimum atomic E-state index is -1.24. The topological polar surface area (TPSA) is 307 Å². The van der Waals surface area contributed by atoms with Gasteiger partial charge in [-0.2, -0.15) is 0 Å². The molecule has 0 saturated heterocycles. The van der Waals surface area contributed by atoms with Crippen LogP contribution in [0.1, 0.15) is 92.9 Å². The van der Waals surface area contributed by atoms with E-state index in [1.165, 1.54) is 41.5 Å². The summed E-state index contributed by atoms with van der Waals surface area (Å²) in [6, 6.07) is -6.35. The van der Waals surface area contributed by atoms with Gasteiger partial charge in [0, 0.05) is 39.8 Å². The Morgan fingerprint density at radius 2 is 0.750 bits per heavy atom. The van der Waals surface area contributed by atoms with Gasteiger partial charge in [-0.1, -0.05) is 0 Å². The number of aliphatic carboxylic acids is 2. The summed E-state index contributed by atoms with van der Waals surface area (Å²) in [5, 5.41) is 37.6. The molecule has 0 bridgehead atoms. The molecule has 52 heavy (non-hydrogen) atoms. The molecule has 0 aromatic heterocycles. The molecule has 0 rings (SSSR count). The second-order valence-corrected chi connectivity index (χ2v) is 12.3. The first-order chi connectivity index (χ1) is 24.2. The van der Waals surface area contributed by atoms with Crippen LogP contribution < -0.4 is 42.5 Å². The molecule has 10 N–H and O–H groups in total. The van der Waals surface area contributed by atoms with E-state index in [1.54, 1.807) is 0 Å². The van der Waals surface area contributed by atoms with E-state index in [0.717, 1.165) is 0 Å². The lowest BCUT2D eigenvalue weighted by Gasteiger charge is -2.21. The number of carboxylic acids is 2. The Kier molecular flexibility index (Phi) is 22.3. The van der Waals surface area contributed by atoms with Gasteiger partial charge in [0.15, 0.2) is 0 Å². The molecule has 0 heterocycles. The number of hydrogen-bond donors (Lipinski definition) is 10. The molecule has 20 heteroatoms. The average molecular weight is 743 g/mol. The third-order valence-electron chi connectivity index (χ3n) is 7.41. The minimum Gasteiger partial charge on any atom is -0.480 e. The first-order valence-corrected chi connectivity index (χ1v) is 17.0. The lowest BCUT2D eigenvalue weighted by atomic mass is 10.1. The molecule has 8 amide bonds. The van der Waals surface area contributed by atoms with Crippen LogP contribution in [0, 0.1) is 0 Å². The second-order valence-electron chi connectivity index (χ2n) is 12.3. The number of amides is 8. The lowest BCUT2D eigenvalue weighted by Crippen LogP contribution is -2.54. The van der Waals surface area contributed by atoms with E-state index in [9.17, 15) is 47.9 Å². The molecule has 0 fully saturated rings. The average Bonchev–Trinajstić information content (AvgIpc) is 3.04. The van der Waals surface area contributed by atoms with Gasteiger partial charge in [-0.05, 0) is 66.2 Å². The fourth-order valence-corrected chi connectivity index (χ4v) is 4.39. The molecule has 0 unspecified atom stereocenters. The molecule has 0 saturated carbocycles. The summed E-state index contributed by atoms with van der Waals surface area (Å²) in [5.74, 6) is -6.82. The summed E-state index contributed by atoms with van der Waals surface area (Å²) in [6.07, 6.45) is 1.97. The molecule has 20 nitrogen and oxygen atoms in total. The summed E-state index contributed by atoms with van der Waals surface area (Å²) in [5.41, 5.74) is 0. The van der Waals surface area contributed by atoms with Crippen LogP contribution in [0.2, 0.25) is 0 Å². The monoisotopic (exact) mass is 742 g/mol. The number of carboxylic acid groups (broad SMARTS) is 2. The van der Waals surface area contributed by atoms with Crippen LogP contribution in [-0.2, 0) is 47.9 Å². The molecule has 0 aliphatic carbocycles. The van der Waals surface area contributed by atoms with Crippen molar-refractivity contribution in [2.75, 3.05) is 13.1 Å². The zero-order valence-corrected chi connectivity index (χ0v) is 30.5. The first kappa shape index (κ1) is 46.7. The van der Waals surface area contributed by atoms with E-state index in [4.69, 9.17) is 10.2 Å². The maximum atomic E-state index is 12.7. The number of carbonyl (C=O) groups is 10. The molecular weight excluding hydrogens is 688 g/mol. The zero-order chi connectivity index (χ0) is 40.0. The normalized spacial score (nSPS) is 14.0. The molecule has 0 aromatic rings. The van der Waals surface area contributed by atoms with E-state index in [0.29, 0.717) is 25.7 Å². The van der Waals surface area contributed by atoms with E-state index in [2.05, 4.69) is 42.5 Å². The number of hydrogen-bond acceptors (Lipinski definition) is 10. The van der Waals surface area contributed by atoms with E-state index in [1.807, 2.05) is 0 Å². The Bertz CT molecular complexity index is 1200. The van der Waals surface area contributed by atoms with E-state index < -0.39 is 83.6 Å². The highest BCUT2D eigenvalue weighted by Crippen LogP contribution is 2.04. The molecule has 0 aliphatic rings. The highest BCUT2D eigenvalue weighted by Gasteiger charge is 2.26. The van der Waals surface area contributed by atoms with Gasteiger partial charge < -0.3 is 52.7 Å². The Hall–Kier alpha value is -5.30. The van der Waals surface area contributed by atoms with Gasteiger partial charge in [-0.3, -0.25) is 47.9 Å². The van der Waals surface area contributed by atoms with Crippen LogP contribution in [0.5, 0.6) is 0 Å². The summed E-state index contributed by atoms with van der Waals surface area (Å²) in [7, 11) is 0. The van der Waals surface area contributed by atoms with Crippen molar-refractivity contribution < 1.29 is 58.2 Å². The standard InChI is InChI=1S/C32H54N8O12/c1-17(27(45)37-19(3)31(49)50)35-29(47)23(39-21(5)41)11-7-9-15-33-25(43)13-14-26(44)34-16-10-8-12-24(40-22(6)42)30(48)36-18(2)28(46)38-20(4)32(51)52/h17-20,23-24H,7-16H2,1-6H3,(H,33,43)(H,34,44)(H,35,47)(H,36,48)(H,37,45)(H,38,46)(H,39,41)(H,40,42)(H,49,50)(H,51,52)/t17-,18-,19-,20-,23+,24+/m1/s1. The van der Waals surface area contributed by atoms with Crippen LogP contribution in [0.3, 0.4) is 0 Å². The molecule has 6 atom stereocenters. The van der Waals surface area contributed by atoms with Gasteiger partial charge in [0.25, 0.3) is 0 Å². The number of nitrogens with one attached hydrogen (secondary N) is 8. The molecule has 0 aromatic carbocycles. The predicted molar refractivity (Wildman–Crippen MR) is 184 cm³/mol. The molecule has 0 aliphatic heterocycles. The van der Waals surface area contributed by atoms with Crippen molar-refractivity contribution in [1.82, 2.24) is 42.5 Å². The smallest absolute Gasteiger partial charge is 0.325 e. The van der Waals surface area contributed by atoms with Crippen LogP contribution in [0.4, 0.5) is 0 Å². The van der Waals surface area contributed by atoms with Gasteiger partial charge in [-0.25, -0.2) is 0 Å². The van der Waals surface area contributed by atoms with Crippen molar-refractivity contribution >= 4 is 59.2 Å². The number of unbranched alkanes of at least 4 members (excludes halogenated alkanes) is 2. The Morgan fingerprint density at radius 1 is 0.442 bits per heavy atom. The third kappa shape index (κ3) is 21.0. The molecule has 294 valence electrons. The third-order valence-corrected chi connectivity index (χ3v) is 7.41. The van der Waals surface area contributed by atoms with Crippen molar-refractivity contribution in [3.63, 3.8) is 0 Å². The lowest BCUT2D eigenvalue weighted by molar-refractivity contribution is -0.142. The SMILES string of the molecule is CC(=O)N[C@@H](CCCCNC(=O)CCC(=O)NCCCC[C@H](NC(C)=O)C(=O)N[C@H](C)C(=O)N[C@H](C)C(=O)O)C(=O)N[C@H](C)C(=O)N[C@H](C)C(=O)O. The maximum Gasteiger partial charge on any atom is 0.325 e. The molecule has 0 spiro atoms. The van der Waals surface area contributed by atoms with Crippen LogP contribution in [-0.4, -0.2) is 119 Å². The summed E-state index contributed by atoms with van der Waals surface area (Å²) < 4.78 is 0. The first-order valence-electron chi connectivity index (χ1n) is 17.0. The second kappa shape index (κ2) is 24.8. The van der Waals surface area contributed by atoms with Gasteiger partial charge in [0.05, 0.1) is 0 Å². The Balaban J connectivity index is 4.48. The highest BCUT2D eigenvalue weighted by molar-refractivity contribution is 5.94. The molecule has 0 radical (unpaired) electrons. The Labute approximate surface area is 302 Å². The summed E-state index contributed by atoms with van der Waals surface area (Å²) >= 11 is 0. The largest absolute Gasteiger partial charge is 0.480 e. The number of carbonyl (C=O) groups excluding carboxylic acids is 8. The van der Waals surface area contributed by atoms with Crippen molar-refractivity contribution in [3.8, 4) is 0 Å². The fourth-order valence-electron chi connectivity index (χ4n) is 4.39. The van der Waals surface area contributed by atoms with E-state index >= 15 is 0 Å². The quantitative estimate of drug-likeness (QED) is 0.0436. The summed E-state index contributed by atoms with van der Waals surface area (Å²) in [6.45, 7) is 8.25. The number of rotatable bonds is 25. The van der Waals surface area contributed by atoms with Crippen LogP contribution in [0.15, 0.2) is 0 Å². The van der Waals surface area contributed by atoms with Gasteiger partial charge in [0.2, 0.25) is 47.3 Å². The Morgan fingerprint density at radius 3 is 1.04 bits per heavy atom. The fraction of sp³-hybridized carbons (Fsp3) is 0.688. The summed E-state index contributed by atoms with van der Waals surface area (Å²) in [4.78, 5) is 119. The van der Waals surface area contributed by atoms with Crippen LogP contribution >= 0.6 is 0 Å². The molecular formula is C32H54N8O12. The maximum absolute atomic E-state index is 12.7. The minimum absolute atomic E-state index is 0.0784. The van der Waals surface area contributed by atoms with Crippen molar-refractivity contribution in [2.45, 2.75) is 129 Å². The predicted octanol–water partition coefficient (Wildman–Crippen LogP) is -2.46. The van der Waals surface area contributed by atoms with Crippen molar-refractivity contribution in [2.24, 2.45) is 0 Å². The highest BCUT2D eigenvalue weighted by atomic mass is 16.4. The van der Waals surface area contributed by atoms with Crippen LogP contribution in [0.25, 0.3) is 0 Å². The van der Waals surface area contributed by atoms with Gasteiger partial charge >= 0.3 is 11.9 Å². The van der Waals surface area contributed by atoms with Gasteiger partial charge in [-0.15, -0.1) is 0 Å². The van der Waals surface area contributed by atoms with Crippen molar-refractivity contribution in [3.05, 3.63) is 0 Å².